The van der Waals surface area contributed by atoms with Gasteiger partial charge < -0.3 is 5.32 Å². The first-order chi connectivity index (χ1) is 9.96. The van der Waals surface area contributed by atoms with Gasteiger partial charge in [0.25, 0.3) is 0 Å². The third kappa shape index (κ3) is 4.07. The van der Waals surface area contributed by atoms with Crippen LogP contribution in [0.3, 0.4) is 0 Å². The van der Waals surface area contributed by atoms with Crippen LogP contribution in [0.2, 0.25) is 0 Å². The molecular formula is C15H23ClN2O3S. The summed E-state index contributed by atoms with van der Waals surface area (Å²) >= 11 is 0. The molecule has 0 radical (unpaired) electrons. The molecule has 1 aromatic carbocycles. The Morgan fingerprint density at radius 2 is 1.95 bits per heavy atom. The van der Waals surface area contributed by atoms with Crippen LogP contribution in [0.5, 0.6) is 0 Å². The molecule has 5 nitrogen and oxygen atoms in total. The molecule has 124 valence electrons. The minimum absolute atomic E-state index is 0. The van der Waals surface area contributed by atoms with Crippen LogP contribution in [0, 0.1) is 0 Å². The van der Waals surface area contributed by atoms with E-state index in [2.05, 4.69) is 5.32 Å². The number of Topliss-reactive ketones (excluding diaryl/α,β-unsaturated/α-hetero) is 1. The number of ketones is 1. The molecule has 0 aliphatic carbocycles. The monoisotopic (exact) mass is 346 g/mol. The quantitative estimate of drug-likeness (QED) is 0.829. The lowest BCUT2D eigenvalue weighted by molar-refractivity contribution is 0.0988. The molecule has 1 aliphatic rings. The number of sulfonamides is 1. The van der Waals surface area contributed by atoms with Gasteiger partial charge in [-0.2, -0.15) is 4.31 Å². The number of carbonyl (C=O) groups is 1. The van der Waals surface area contributed by atoms with Crippen molar-refractivity contribution in [1.82, 2.24) is 9.62 Å². The highest BCUT2D eigenvalue weighted by molar-refractivity contribution is 7.89. The summed E-state index contributed by atoms with van der Waals surface area (Å²) < 4.78 is 26.8. The zero-order valence-electron chi connectivity index (χ0n) is 12.9. The van der Waals surface area contributed by atoms with E-state index in [0.29, 0.717) is 12.0 Å². The molecule has 7 heteroatoms. The van der Waals surface area contributed by atoms with Gasteiger partial charge in [0.2, 0.25) is 10.0 Å². The molecule has 2 rings (SSSR count). The van der Waals surface area contributed by atoms with Crippen LogP contribution in [0.1, 0.15) is 36.5 Å². The van der Waals surface area contributed by atoms with Crippen LogP contribution in [0.15, 0.2) is 29.2 Å². The number of carbonyl (C=O) groups excluding carboxylic acids is 1. The van der Waals surface area contributed by atoms with Crippen molar-refractivity contribution < 1.29 is 13.2 Å². The molecule has 1 N–H and O–H groups in total. The summed E-state index contributed by atoms with van der Waals surface area (Å²) in [6.45, 7) is 3.43. The lowest BCUT2D eigenvalue weighted by atomic mass is 10.1. The number of nitrogens with one attached hydrogen (secondary N) is 1. The second-order valence-corrected chi connectivity index (χ2v) is 7.30. The highest BCUT2D eigenvalue weighted by atomic mass is 35.5. The van der Waals surface area contributed by atoms with Crippen molar-refractivity contribution in [1.29, 1.82) is 0 Å². The smallest absolute Gasteiger partial charge is 0.243 e. The van der Waals surface area contributed by atoms with Gasteiger partial charge in [0.1, 0.15) is 0 Å². The summed E-state index contributed by atoms with van der Waals surface area (Å²) in [6, 6.07) is 6.35. The lowest BCUT2D eigenvalue weighted by Gasteiger charge is -2.30. The molecule has 1 saturated heterocycles. The average Bonchev–Trinajstić information content (AvgIpc) is 2.54. The Morgan fingerprint density at radius 3 is 2.55 bits per heavy atom. The number of halogens is 1. The number of piperidine rings is 1. The third-order valence-corrected chi connectivity index (χ3v) is 5.88. The van der Waals surface area contributed by atoms with Crippen molar-refractivity contribution in [2.24, 2.45) is 0 Å². The van der Waals surface area contributed by atoms with Gasteiger partial charge in [-0.1, -0.05) is 19.1 Å². The summed E-state index contributed by atoms with van der Waals surface area (Å²) in [5.74, 6) is -0.0448. The zero-order chi connectivity index (χ0) is 15.5. The molecule has 1 aromatic rings. The van der Waals surface area contributed by atoms with Crippen molar-refractivity contribution in [3.63, 3.8) is 0 Å². The second-order valence-electron chi connectivity index (χ2n) is 5.31. The molecule has 0 aromatic heterocycles. The molecule has 0 unspecified atom stereocenters. The predicted molar refractivity (Wildman–Crippen MR) is 89.2 cm³/mol. The highest BCUT2D eigenvalue weighted by Crippen LogP contribution is 2.22. The summed E-state index contributed by atoms with van der Waals surface area (Å²) in [6.07, 6.45) is 1.99. The molecule has 0 bridgehead atoms. The first-order valence-electron chi connectivity index (χ1n) is 7.29. The topological polar surface area (TPSA) is 66.5 Å². The molecule has 1 heterocycles. The van der Waals surface area contributed by atoms with E-state index in [4.69, 9.17) is 0 Å². The second kappa shape index (κ2) is 8.06. The standard InChI is InChI=1S/C15H22N2O3S.ClH/c1-3-15(18)12-5-4-6-14(11-12)21(19,20)17(2)13-7-9-16-10-8-13;/h4-6,11,13,16H,3,7-10H2,1-2H3;1H. The van der Waals surface area contributed by atoms with E-state index in [1.807, 2.05) is 0 Å². The van der Waals surface area contributed by atoms with Gasteiger partial charge in [0, 0.05) is 25.1 Å². The van der Waals surface area contributed by atoms with E-state index in [0.717, 1.165) is 25.9 Å². The lowest BCUT2D eigenvalue weighted by Crippen LogP contribution is -2.43. The first kappa shape index (κ1) is 19.1. The molecule has 0 saturated carbocycles. The molecule has 0 atom stereocenters. The van der Waals surface area contributed by atoms with Crippen LogP contribution in [-0.4, -0.2) is 44.7 Å². The van der Waals surface area contributed by atoms with Crippen LogP contribution in [-0.2, 0) is 10.0 Å². The van der Waals surface area contributed by atoms with Crippen molar-refractivity contribution >= 4 is 28.2 Å². The maximum absolute atomic E-state index is 12.7. The van der Waals surface area contributed by atoms with Crippen molar-refractivity contribution in [2.75, 3.05) is 20.1 Å². The Balaban J connectivity index is 0.00000242. The third-order valence-electron chi connectivity index (χ3n) is 3.98. The summed E-state index contributed by atoms with van der Waals surface area (Å²) in [5, 5.41) is 3.23. The fourth-order valence-corrected chi connectivity index (χ4v) is 4.03. The Hall–Kier alpha value is -0.950. The maximum atomic E-state index is 12.7. The Morgan fingerprint density at radius 1 is 1.32 bits per heavy atom. The van der Waals surface area contributed by atoms with Crippen molar-refractivity contribution in [2.45, 2.75) is 37.1 Å². The van der Waals surface area contributed by atoms with Gasteiger partial charge in [-0.25, -0.2) is 8.42 Å². The van der Waals surface area contributed by atoms with Gasteiger partial charge in [-0.05, 0) is 38.1 Å². The molecule has 0 spiro atoms. The molecular weight excluding hydrogens is 324 g/mol. The maximum Gasteiger partial charge on any atom is 0.243 e. The Labute approximate surface area is 138 Å². The number of nitrogens with zero attached hydrogens (tertiary/aromatic N) is 1. The summed E-state index contributed by atoms with van der Waals surface area (Å²) in [4.78, 5) is 11.9. The van der Waals surface area contributed by atoms with E-state index in [1.54, 1.807) is 32.2 Å². The molecule has 1 fully saturated rings. The van der Waals surface area contributed by atoms with Crippen LogP contribution in [0.25, 0.3) is 0 Å². The van der Waals surface area contributed by atoms with E-state index in [-0.39, 0.29) is 29.1 Å². The average molecular weight is 347 g/mol. The van der Waals surface area contributed by atoms with E-state index in [1.165, 1.54) is 10.4 Å². The number of hydrogen-bond acceptors (Lipinski definition) is 4. The van der Waals surface area contributed by atoms with Crippen LogP contribution < -0.4 is 5.32 Å². The summed E-state index contributed by atoms with van der Waals surface area (Å²) in [5.41, 5.74) is 0.456. The Kier molecular flexibility index (Phi) is 6.99. The van der Waals surface area contributed by atoms with Crippen molar-refractivity contribution in [3.05, 3.63) is 29.8 Å². The van der Waals surface area contributed by atoms with Gasteiger partial charge in [0.05, 0.1) is 4.90 Å². The van der Waals surface area contributed by atoms with Crippen LogP contribution >= 0.6 is 12.4 Å². The van der Waals surface area contributed by atoms with Gasteiger partial charge >= 0.3 is 0 Å². The fourth-order valence-electron chi connectivity index (χ4n) is 2.57. The van der Waals surface area contributed by atoms with E-state index >= 15 is 0 Å². The number of rotatable bonds is 5. The summed E-state index contributed by atoms with van der Waals surface area (Å²) in [7, 11) is -1.92. The van der Waals surface area contributed by atoms with Gasteiger partial charge in [-0.3, -0.25) is 4.79 Å². The van der Waals surface area contributed by atoms with Crippen LogP contribution in [0.4, 0.5) is 0 Å². The number of benzene rings is 1. The minimum atomic E-state index is -3.55. The van der Waals surface area contributed by atoms with Crippen molar-refractivity contribution in [3.8, 4) is 0 Å². The van der Waals surface area contributed by atoms with E-state index in [9.17, 15) is 13.2 Å². The minimum Gasteiger partial charge on any atom is -0.317 e. The largest absolute Gasteiger partial charge is 0.317 e. The molecule has 0 amide bonds. The van der Waals surface area contributed by atoms with Gasteiger partial charge in [-0.15, -0.1) is 12.4 Å². The molecule has 1 aliphatic heterocycles. The van der Waals surface area contributed by atoms with Gasteiger partial charge in [0.15, 0.2) is 5.78 Å². The first-order valence-corrected chi connectivity index (χ1v) is 8.73. The fraction of sp³-hybridized carbons (Fsp3) is 0.533. The SMILES string of the molecule is CCC(=O)c1cccc(S(=O)(=O)N(C)C2CCNCC2)c1.Cl. The highest BCUT2D eigenvalue weighted by Gasteiger charge is 2.29. The molecule has 22 heavy (non-hydrogen) atoms. The predicted octanol–water partition coefficient (Wildman–Crippen LogP) is 2.07. The zero-order valence-corrected chi connectivity index (χ0v) is 14.5. The van der Waals surface area contributed by atoms with E-state index < -0.39 is 10.0 Å². The normalized spacial score (nSPS) is 16.3. The Bertz CT molecular complexity index is 613. The number of hydrogen-bond donors (Lipinski definition) is 1.